The Morgan fingerprint density at radius 1 is 1.24 bits per heavy atom. The lowest BCUT2D eigenvalue weighted by Crippen LogP contribution is -2.11. The van der Waals surface area contributed by atoms with Crippen LogP contribution in [0, 0.1) is 0 Å². The average molecular weight is 237 g/mol. The van der Waals surface area contributed by atoms with E-state index in [1.807, 2.05) is 0 Å². The second kappa shape index (κ2) is 6.80. The SMILES string of the molecule is CCCC(C)n1nc(CC)c(CCN)c1CC. The Morgan fingerprint density at radius 3 is 2.41 bits per heavy atom. The predicted molar refractivity (Wildman–Crippen MR) is 73.4 cm³/mol. The number of aryl methyl sites for hydroxylation is 1. The highest BCUT2D eigenvalue weighted by molar-refractivity contribution is 5.27. The number of rotatable bonds is 7. The van der Waals surface area contributed by atoms with Crippen LogP contribution in [-0.4, -0.2) is 16.3 Å². The van der Waals surface area contributed by atoms with E-state index in [9.17, 15) is 0 Å². The zero-order chi connectivity index (χ0) is 12.8. The third-order valence-corrected chi connectivity index (χ3v) is 3.39. The Bertz CT molecular complexity index is 341. The van der Waals surface area contributed by atoms with E-state index in [1.165, 1.54) is 29.8 Å². The van der Waals surface area contributed by atoms with Gasteiger partial charge in [0.05, 0.1) is 5.69 Å². The molecule has 0 aliphatic rings. The molecule has 1 rings (SSSR count). The summed E-state index contributed by atoms with van der Waals surface area (Å²) in [5, 5.41) is 4.80. The zero-order valence-electron chi connectivity index (χ0n) is 11.8. The van der Waals surface area contributed by atoms with E-state index in [0.717, 1.165) is 19.3 Å². The van der Waals surface area contributed by atoms with Crippen LogP contribution < -0.4 is 5.73 Å². The van der Waals surface area contributed by atoms with Gasteiger partial charge in [0, 0.05) is 11.7 Å². The molecule has 1 aromatic rings. The second-order valence-electron chi connectivity index (χ2n) is 4.70. The van der Waals surface area contributed by atoms with Crippen molar-refractivity contribution in [2.45, 2.75) is 65.8 Å². The van der Waals surface area contributed by atoms with Crippen molar-refractivity contribution < 1.29 is 0 Å². The van der Waals surface area contributed by atoms with Crippen molar-refractivity contribution in [3.8, 4) is 0 Å². The Hall–Kier alpha value is -0.830. The quantitative estimate of drug-likeness (QED) is 0.792. The van der Waals surface area contributed by atoms with Gasteiger partial charge in [-0.25, -0.2) is 0 Å². The Balaban J connectivity index is 3.12. The Labute approximate surface area is 105 Å². The molecule has 1 aromatic heterocycles. The van der Waals surface area contributed by atoms with Crippen LogP contribution in [0.15, 0.2) is 0 Å². The molecule has 0 amide bonds. The summed E-state index contributed by atoms with van der Waals surface area (Å²) in [7, 11) is 0. The monoisotopic (exact) mass is 237 g/mol. The highest BCUT2D eigenvalue weighted by Crippen LogP contribution is 2.22. The van der Waals surface area contributed by atoms with E-state index < -0.39 is 0 Å². The van der Waals surface area contributed by atoms with Gasteiger partial charge in [0.25, 0.3) is 0 Å². The van der Waals surface area contributed by atoms with Crippen LogP contribution >= 0.6 is 0 Å². The number of aromatic nitrogens is 2. The van der Waals surface area contributed by atoms with Gasteiger partial charge >= 0.3 is 0 Å². The largest absolute Gasteiger partial charge is 0.330 e. The summed E-state index contributed by atoms with van der Waals surface area (Å²) in [6.07, 6.45) is 5.42. The first kappa shape index (κ1) is 14.2. The third-order valence-electron chi connectivity index (χ3n) is 3.39. The van der Waals surface area contributed by atoms with E-state index in [0.29, 0.717) is 12.6 Å². The van der Waals surface area contributed by atoms with Crippen LogP contribution in [0.25, 0.3) is 0 Å². The Kier molecular flexibility index (Phi) is 5.69. The summed E-state index contributed by atoms with van der Waals surface area (Å²) >= 11 is 0. The predicted octanol–water partition coefficient (Wildman–Crippen LogP) is 2.87. The van der Waals surface area contributed by atoms with E-state index >= 15 is 0 Å². The third kappa shape index (κ3) is 3.09. The van der Waals surface area contributed by atoms with Crippen LogP contribution in [0.3, 0.4) is 0 Å². The number of nitrogens with two attached hydrogens (primary N) is 1. The van der Waals surface area contributed by atoms with Crippen LogP contribution in [0.2, 0.25) is 0 Å². The molecule has 0 saturated heterocycles. The molecule has 2 N–H and O–H groups in total. The lowest BCUT2D eigenvalue weighted by atomic mass is 10.1. The molecular weight excluding hydrogens is 210 g/mol. The average Bonchev–Trinajstić information content (AvgIpc) is 2.68. The lowest BCUT2D eigenvalue weighted by Gasteiger charge is -2.14. The molecule has 1 heterocycles. The molecule has 1 atom stereocenters. The first-order chi connectivity index (χ1) is 8.19. The first-order valence-corrected chi connectivity index (χ1v) is 6.98. The van der Waals surface area contributed by atoms with Gasteiger partial charge in [0.1, 0.15) is 0 Å². The van der Waals surface area contributed by atoms with Gasteiger partial charge in [-0.15, -0.1) is 0 Å². The van der Waals surface area contributed by atoms with Crippen molar-refractivity contribution in [3.63, 3.8) is 0 Å². The minimum Gasteiger partial charge on any atom is -0.330 e. The molecule has 3 heteroatoms. The minimum absolute atomic E-state index is 0.506. The van der Waals surface area contributed by atoms with E-state index in [-0.39, 0.29) is 0 Å². The summed E-state index contributed by atoms with van der Waals surface area (Å²) in [6.45, 7) is 9.60. The van der Waals surface area contributed by atoms with Crippen molar-refractivity contribution in [1.29, 1.82) is 0 Å². The smallest absolute Gasteiger partial charge is 0.0657 e. The van der Waals surface area contributed by atoms with Gasteiger partial charge in [-0.05, 0) is 44.7 Å². The molecule has 0 aromatic carbocycles. The maximum atomic E-state index is 5.71. The normalized spacial score (nSPS) is 13.0. The molecule has 0 radical (unpaired) electrons. The summed E-state index contributed by atoms with van der Waals surface area (Å²) in [5.41, 5.74) is 9.76. The standard InChI is InChI=1S/C14H27N3/c1-5-8-11(4)17-14(7-3)12(9-10-15)13(6-2)16-17/h11H,5-10,15H2,1-4H3. The van der Waals surface area contributed by atoms with E-state index in [1.54, 1.807) is 0 Å². The first-order valence-electron chi connectivity index (χ1n) is 6.98. The summed E-state index contributed by atoms with van der Waals surface area (Å²) < 4.78 is 2.24. The molecule has 1 unspecified atom stereocenters. The topological polar surface area (TPSA) is 43.8 Å². The molecule has 3 nitrogen and oxygen atoms in total. The molecule has 98 valence electrons. The lowest BCUT2D eigenvalue weighted by molar-refractivity contribution is 0.438. The molecule has 0 spiro atoms. The van der Waals surface area contributed by atoms with Crippen molar-refractivity contribution in [2.75, 3.05) is 6.54 Å². The molecular formula is C14H27N3. The van der Waals surface area contributed by atoms with Crippen LogP contribution in [0.4, 0.5) is 0 Å². The fourth-order valence-corrected chi connectivity index (χ4v) is 2.55. The van der Waals surface area contributed by atoms with Crippen molar-refractivity contribution >= 4 is 0 Å². The minimum atomic E-state index is 0.506. The van der Waals surface area contributed by atoms with Crippen molar-refractivity contribution in [1.82, 2.24) is 9.78 Å². The molecule has 0 fully saturated rings. The maximum absolute atomic E-state index is 5.71. The van der Waals surface area contributed by atoms with Gasteiger partial charge < -0.3 is 5.73 Å². The van der Waals surface area contributed by atoms with Gasteiger partial charge in [-0.3, -0.25) is 4.68 Å². The molecule has 0 saturated carbocycles. The second-order valence-corrected chi connectivity index (χ2v) is 4.70. The van der Waals surface area contributed by atoms with Gasteiger partial charge in [-0.1, -0.05) is 27.2 Å². The van der Waals surface area contributed by atoms with Gasteiger partial charge in [0.2, 0.25) is 0 Å². The Morgan fingerprint density at radius 2 is 1.94 bits per heavy atom. The maximum Gasteiger partial charge on any atom is 0.0657 e. The van der Waals surface area contributed by atoms with Crippen LogP contribution in [0.5, 0.6) is 0 Å². The fourth-order valence-electron chi connectivity index (χ4n) is 2.55. The molecule has 0 bridgehead atoms. The number of hydrogen-bond donors (Lipinski definition) is 1. The summed E-state index contributed by atoms with van der Waals surface area (Å²) in [5.74, 6) is 0. The van der Waals surface area contributed by atoms with E-state index in [4.69, 9.17) is 10.8 Å². The fraction of sp³-hybridized carbons (Fsp3) is 0.786. The summed E-state index contributed by atoms with van der Waals surface area (Å²) in [6, 6.07) is 0.506. The van der Waals surface area contributed by atoms with E-state index in [2.05, 4.69) is 32.4 Å². The van der Waals surface area contributed by atoms with Gasteiger partial charge in [-0.2, -0.15) is 5.10 Å². The highest BCUT2D eigenvalue weighted by Gasteiger charge is 2.17. The van der Waals surface area contributed by atoms with Crippen LogP contribution in [0.1, 0.15) is 63.5 Å². The summed E-state index contributed by atoms with van der Waals surface area (Å²) in [4.78, 5) is 0. The molecule has 17 heavy (non-hydrogen) atoms. The highest BCUT2D eigenvalue weighted by atomic mass is 15.3. The number of hydrogen-bond acceptors (Lipinski definition) is 2. The van der Waals surface area contributed by atoms with Crippen molar-refractivity contribution in [2.24, 2.45) is 5.73 Å². The zero-order valence-corrected chi connectivity index (χ0v) is 11.8. The molecule has 0 aliphatic carbocycles. The van der Waals surface area contributed by atoms with Crippen LogP contribution in [-0.2, 0) is 19.3 Å². The molecule has 0 aliphatic heterocycles. The van der Waals surface area contributed by atoms with Gasteiger partial charge in [0.15, 0.2) is 0 Å². The van der Waals surface area contributed by atoms with Crippen molar-refractivity contribution in [3.05, 3.63) is 17.0 Å². The number of nitrogens with zero attached hydrogens (tertiary/aromatic N) is 2.